The molecular formula is C29H35ClFN3O2. The van der Waals surface area contributed by atoms with Crippen molar-refractivity contribution in [1.29, 1.82) is 0 Å². The molecule has 3 aliphatic rings. The lowest BCUT2D eigenvalue weighted by atomic mass is 9.77. The van der Waals surface area contributed by atoms with E-state index in [-0.39, 0.29) is 28.0 Å². The minimum absolute atomic E-state index is 0.0633. The molecular weight excluding hydrogens is 477 g/mol. The number of rotatable bonds is 5. The number of hydrogen-bond donors (Lipinski definition) is 1. The molecule has 2 aromatic carbocycles. The van der Waals surface area contributed by atoms with Gasteiger partial charge >= 0.3 is 0 Å². The van der Waals surface area contributed by atoms with Crippen LogP contribution in [0.2, 0.25) is 5.02 Å². The highest BCUT2D eigenvalue weighted by Crippen LogP contribution is 2.41. The molecule has 2 heterocycles. The van der Waals surface area contributed by atoms with Gasteiger partial charge in [-0.25, -0.2) is 4.39 Å². The molecule has 7 heteroatoms. The zero-order valence-corrected chi connectivity index (χ0v) is 21.9. The van der Waals surface area contributed by atoms with E-state index in [2.05, 4.69) is 24.1 Å². The van der Waals surface area contributed by atoms with E-state index in [0.717, 1.165) is 69.5 Å². The number of likely N-dealkylation sites (tertiary alicyclic amines) is 2. The van der Waals surface area contributed by atoms with Gasteiger partial charge in [0.15, 0.2) is 0 Å². The molecule has 1 unspecified atom stereocenters. The van der Waals surface area contributed by atoms with Crippen LogP contribution >= 0.6 is 11.6 Å². The first-order chi connectivity index (χ1) is 17.2. The molecule has 0 bridgehead atoms. The Morgan fingerprint density at radius 2 is 1.89 bits per heavy atom. The van der Waals surface area contributed by atoms with Gasteiger partial charge in [0.1, 0.15) is 5.82 Å². The highest BCUT2D eigenvalue weighted by atomic mass is 35.5. The Hall–Kier alpha value is -2.44. The molecule has 2 saturated heterocycles. The van der Waals surface area contributed by atoms with Gasteiger partial charge in [0, 0.05) is 25.2 Å². The van der Waals surface area contributed by atoms with Crippen molar-refractivity contribution in [3.63, 3.8) is 0 Å². The zero-order valence-electron chi connectivity index (χ0n) is 21.2. The monoisotopic (exact) mass is 511 g/mol. The van der Waals surface area contributed by atoms with E-state index in [9.17, 15) is 14.0 Å². The number of aryl methyl sites for hydroxylation is 1. The van der Waals surface area contributed by atoms with E-state index in [4.69, 9.17) is 11.6 Å². The number of fused-ring (bicyclic) bond motifs is 1. The van der Waals surface area contributed by atoms with Crippen LogP contribution in [0.25, 0.3) is 0 Å². The van der Waals surface area contributed by atoms with Gasteiger partial charge in [0.05, 0.1) is 16.6 Å². The van der Waals surface area contributed by atoms with Crippen LogP contribution in [0.15, 0.2) is 36.4 Å². The molecule has 0 saturated carbocycles. The summed E-state index contributed by atoms with van der Waals surface area (Å²) in [6.07, 6.45) is 4.89. The fourth-order valence-electron chi connectivity index (χ4n) is 6.26. The minimum Gasteiger partial charge on any atom is -0.345 e. The molecule has 5 nitrogen and oxygen atoms in total. The quantitative estimate of drug-likeness (QED) is 0.578. The van der Waals surface area contributed by atoms with Gasteiger partial charge in [-0.05, 0) is 91.9 Å². The zero-order chi connectivity index (χ0) is 25.4. The molecule has 36 heavy (non-hydrogen) atoms. The highest BCUT2D eigenvalue weighted by molar-refractivity contribution is 6.33. The average molecular weight is 512 g/mol. The van der Waals surface area contributed by atoms with Gasteiger partial charge in [-0.2, -0.15) is 0 Å². The fourth-order valence-corrected chi connectivity index (χ4v) is 6.50. The molecule has 1 atom stereocenters. The van der Waals surface area contributed by atoms with Crippen molar-refractivity contribution < 1.29 is 14.0 Å². The van der Waals surface area contributed by atoms with E-state index < -0.39 is 11.7 Å². The van der Waals surface area contributed by atoms with E-state index in [1.165, 1.54) is 18.2 Å². The second kappa shape index (κ2) is 10.1. The molecule has 2 fully saturated rings. The standard InChI is InChI=1S/C29H35ClFN3O2/c1-19(2)17-33-13-10-29(11-14-33)12-15-34(18-29)28(36)21-7-6-20-8-9-25(22(20)16-21)32-27(35)26-23(30)4-3-5-24(26)31/h3-7,16,19,25H,8-15,17-18H2,1-2H3,(H,32,35). The van der Waals surface area contributed by atoms with E-state index in [1.54, 1.807) is 0 Å². The summed E-state index contributed by atoms with van der Waals surface area (Å²) in [4.78, 5) is 30.9. The van der Waals surface area contributed by atoms with Crippen molar-refractivity contribution in [2.75, 3.05) is 32.7 Å². The fraction of sp³-hybridized carbons (Fsp3) is 0.517. The normalized spacial score (nSPS) is 21.2. The first-order valence-corrected chi connectivity index (χ1v) is 13.5. The summed E-state index contributed by atoms with van der Waals surface area (Å²) in [6, 6.07) is 9.79. The summed E-state index contributed by atoms with van der Waals surface area (Å²) in [5, 5.41) is 3.03. The molecule has 2 aromatic rings. The van der Waals surface area contributed by atoms with Crippen molar-refractivity contribution >= 4 is 23.4 Å². The van der Waals surface area contributed by atoms with Gasteiger partial charge in [-0.3, -0.25) is 9.59 Å². The Morgan fingerprint density at radius 1 is 1.14 bits per heavy atom. The Kier molecular flexibility index (Phi) is 7.10. The number of benzene rings is 2. The topological polar surface area (TPSA) is 52.6 Å². The van der Waals surface area contributed by atoms with E-state index in [0.29, 0.717) is 17.9 Å². The first-order valence-electron chi connectivity index (χ1n) is 13.1. The van der Waals surface area contributed by atoms with Crippen LogP contribution in [0.4, 0.5) is 4.39 Å². The van der Waals surface area contributed by atoms with Crippen LogP contribution in [-0.2, 0) is 6.42 Å². The van der Waals surface area contributed by atoms with E-state index in [1.807, 2.05) is 23.1 Å². The number of hydrogen-bond acceptors (Lipinski definition) is 3. The lowest BCUT2D eigenvalue weighted by molar-refractivity contribution is 0.0709. The Morgan fingerprint density at radius 3 is 2.61 bits per heavy atom. The SMILES string of the molecule is CC(C)CN1CCC2(CC1)CCN(C(=O)c1ccc3c(c1)C(NC(=O)c1c(F)cccc1Cl)CC3)C2. The number of amides is 2. The Labute approximate surface area is 218 Å². The van der Waals surface area contributed by atoms with Crippen LogP contribution in [0.1, 0.15) is 77.4 Å². The number of halogens is 2. The predicted molar refractivity (Wildman–Crippen MR) is 140 cm³/mol. The largest absolute Gasteiger partial charge is 0.345 e. The van der Waals surface area contributed by atoms with Crippen LogP contribution in [0.3, 0.4) is 0 Å². The van der Waals surface area contributed by atoms with Crippen LogP contribution in [0, 0.1) is 17.2 Å². The lowest BCUT2D eigenvalue weighted by Gasteiger charge is -2.39. The molecule has 1 spiro atoms. The molecule has 2 aliphatic heterocycles. The summed E-state index contributed by atoms with van der Waals surface area (Å²) in [5.74, 6) is -0.427. The van der Waals surface area contributed by atoms with Crippen molar-refractivity contribution in [2.45, 2.75) is 52.0 Å². The van der Waals surface area contributed by atoms with Gasteiger partial charge in [-0.1, -0.05) is 37.6 Å². The predicted octanol–water partition coefficient (Wildman–Crippen LogP) is 5.48. The summed E-state index contributed by atoms with van der Waals surface area (Å²) in [7, 11) is 0. The third-order valence-electron chi connectivity index (χ3n) is 8.23. The van der Waals surface area contributed by atoms with Crippen molar-refractivity contribution in [1.82, 2.24) is 15.1 Å². The van der Waals surface area contributed by atoms with Gasteiger partial charge in [-0.15, -0.1) is 0 Å². The second-order valence-corrected chi connectivity index (χ2v) is 11.7. The van der Waals surface area contributed by atoms with Crippen molar-refractivity contribution in [3.05, 3.63) is 69.5 Å². The maximum absolute atomic E-state index is 14.2. The highest BCUT2D eigenvalue weighted by Gasteiger charge is 2.42. The minimum atomic E-state index is -0.639. The maximum Gasteiger partial charge on any atom is 0.256 e. The van der Waals surface area contributed by atoms with Crippen molar-refractivity contribution in [3.8, 4) is 0 Å². The average Bonchev–Trinajstić information content (AvgIpc) is 3.44. The summed E-state index contributed by atoms with van der Waals surface area (Å²) in [6.45, 7) is 9.54. The number of carbonyl (C=O) groups excluding carboxylic acids is 2. The van der Waals surface area contributed by atoms with Crippen LogP contribution < -0.4 is 5.32 Å². The molecule has 192 valence electrons. The third kappa shape index (κ3) is 5.03. The van der Waals surface area contributed by atoms with Gasteiger partial charge < -0.3 is 15.1 Å². The number of piperidine rings is 1. The van der Waals surface area contributed by atoms with E-state index >= 15 is 0 Å². The number of nitrogens with one attached hydrogen (secondary N) is 1. The Balaban J connectivity index is 1.26. The first kappa shape index (κ1) is 25.2. The molecule has 1 aliphatic carbocycles. The van der Waals surface area contributed by atoms with Crippen LogP contribution in [-0.4, -0.2) is 54.3 Å². The Bertz CT molecular complexity index is 1140. The summed E-state index contributed by atoms with van der Waals surface area (Å²) < 4.78 is 14.2. The number of carbonyl (C=O) groups is 2. The molecule has 1 N–H and O–H groups in total. The molecule has 0 aromatic heterocycles. The van der Waals surface area contributed by atoms with Gasteiger partial charge in [0.2, 0.25) is 0 Å². The third-order valence-corrected chi connectivity index (χ3v) is 8.55. The molecule has 0 radical (unpaired) electrons. The van der Waals surface area contributed by atoms with Crippen LogP contribution in [0.5, 0.6) is 0 Å². The summed E-state index contributed by atoms with van der Waals surface area (Å²) >= 11 is 6.09. The van der Waals surface area contributed by atoms with Crippen molar-refractivity contribution in [2.24, 2.45) is 11.3 Å². The summed E-state index contributed by atoms with van der Waals surface area (Å²) in [5.41, 5.74) is 2.83. The molecule has 2 amide bonds. The second-order valence-electron chi connectivity index (χ2n) is 11.2. The maximum atomic E-state index is 14.2. The smallest absolute Gasteiger partial charge is 0.256 e. The lowest BCUT2D eigenvalue weighted by Crippen LogP contribution is -2.43. The number of nitrogens with zero attached hydrogens (tertiary/aromatic N) is 2. The van der Waals surface area contributed by atoms with Gasteiger partial charge in [0.25, 0.3) is 11.8 Å². The molecule has 5 rings (SSSR count).